The number of hydrogen-bond acceptors (Lipinski definition) is 7. The van der Waals surface area contributed by atoms with Crippen molar-refractivity contribution in [3.63, 3.8) is 0 Å². The molecule has 1 aliphatic rings. The molecule has 31 heavy (non-hydrogen) atoms. The van der Waals surface area contributed by atoms with Crippen LogP contribution < -0.4 is 16.2 Å². The lowest BCUT2D eigenvalue weighted by atomic mass is 9.94. The zero-order valence-electron chi connectivity index (χ0n) is 17.6. The third kappa shape index (κ3) is 3.90. The van der Waals surface area contributed by atoms with Crippen molar-refractivity contribution < 1.29 is 9.13 Å². The van der Waals surface area contributed by atoms with Crippen LogP contribution in [0.1, 0.15) is 41.6 Å². The zero-order chi connectivity index (χ0) is 22.1. The van der Waals surface area contributed by atoms with Crippen molar-refractivity contribution in [2.75, 3.05) is 12.8 Å². The maximum Gasteiger partial charge on any atom is 0.166 e. The zero-order valence-corrected chi connectivity index (χ0v) is 18.5. The SMILES string of the molecule is CCc1nsc2c1-c1cnc(N)c(c1)O[C@H](C)c1cc(F)ccc1C(N)=C(C=NC)C2. The highest BCUT2D eigenvalue weighted by atomic mass is 32.1. The number of halogens is 1. The van der Waals surface area contributed by atoms with Crippen LogP contribution in [-0.2, 0) is 12.8 Å². The lowest BCUT2D eigenvalue weighted by Gasteiger charge is -2.22. The molecule has 0 amide bonds. The average molecular weight is 438 g/mol. The molecule has 0 fully saturated rings. The van der Waals surface area contributed by atoms with Crippen LogP contribution in [0, 0.1) is 5.82 Å². The Kier molecular flexibility index (Phi) is 5.73. The van der Waals surface area contributed by atoms with Gasteiger partial charge in [-0.2, -0.15) is 4.37 Å². The van der Waals surface area contributed by atoms with Crippen LogP contribution in [0.4, 0.5) is 10.2 Å². The van der Waals surface area contributed by atoms with Crippen LogP contribution in [0.15, 0.2) is 41.0 Å². The average Bonchev–Trinajstić information content (AvgIpc) is 3.16. The van der Waals surface area contributed by atoms with Gasteiger partial charge in [-0.1, -0.05) is 6.92 Å². The van der Waals surface area contributed by atoms with Gasteiger partial charge in [0, 0.05) is 58.7 Å². The van der Waals surface area contributed by atoms with Crippen molar-refractivity contribution in [2.24, 2.45) is 10.7 Å². The molecule has 0 saturated heterocycles. The number of nitrogens with zero attached hydrogens (tertiary/aromatic N) is 3. The molecule has 160 valence electrons. The van der Waals surface area contributed by atoms with E-state index in [0.717, 1.165) is 33.7 Å². The summed E-state index contributed by atoms with van der Waals surface area (Å²) in [5.41, 5.74) is 18.3. The van der Waals surface area contributed by atoms with Gasteiger partial charge in [-0.25, -0.2) is 9.37 Å². The predicted molar refractivity (Wildman–Crippen MR) is 124 cm³/mol. The number of aryl methyl sites for hydroxylation is 1. The topological polar surface area (TPSA) is 99.4 Å². The number of allylic oxidation sites excluding steroid dienone is 1. The molecule has 4 rings (SSSR count). The fourth-order valence-electron chi connectivity index (χ4n) is 3.82. The van der Waals surface area contributed by atoms with Gasteiger partial charge < -0.3 is 16.2 Å². The first-order valence-electron chi connectivity index (χ1n) is 10.0. The summed E-state index contributed by atoms with van der Waals surface area (Å²) in [6.45, 7) is 3.91. The quantitative estimate of drug-likeness (QED) is 0.573. The Hall–Kier alpha value is -3.26. The summed E-state index contributed by atoms with van der Waals surface area (Å²) >= 11 is 1.44. The number of pyridine rings is 1. The van der Waals surface area contributed by atoms with Crippen molar-refractivity contribution >= 4 is 29.3 Å². The highest BCUT2D eigenvalue weighted by Gasteiger charge is 2.23. The largest absolute Gasteiger partial charge is 0.482 e. The number of anilines is 1. The molecule has 3 heterocycles. The van der Waals surface area contributed by atoms with Crippen LogP contribution in [0.3, 0.4) is 0 Å². The van der Waals surface area contributed by atoms with Gasteiger partial charge in [-0.15, -0.1) is 0 Å². The Bertz CT molecular complexity index is 1200. The van der Waals surface area contributed by atoms with Crippen LogP contribution in [0.2, 0.25) is 0 Å². The van der Waals surface area contributed by atoms with Gasteiger partial charge >= 0.3 is 0 Å². The molecule has 1 aliphatic heterocycles. The minimum atomic E-state index is -0.506. The minimum Gasteiger partial charge on any atom is -0.482 e. The van der Waals surface area contributed by atoms with Gasteiger partial charge in [0.25, 0.3) is 0 Å². The van der Waals surface area contributed by atoms with Crippen molar-refractivity contribution in [1.29, 1.82) is 0 Å². The second-order valence-corrected chi connectivity index (χ2v) is 8.24. The number of rotatable bonds is 2. The van der Waals surface area contributed by atoms with E-state index in [1.54, 1.807) is 25.5 Å². The van der Waals surface area contributed by atoms with Crippen molar-refractivity contribution in [2.45, 2.75) is 32.8 Å². The Morgan fingerprint density at radius 3 is 2.87 bits per heavy atom. The fraction of sp³-hybridized carbons (Fsp3) is 0.261. The molecule has 3 aromatic rings. The molecule has 0 aliphatic carbocycles. The highest BCUT2D eigenvalue weighted by molar-refractivity contribution is 7.06. The van der Waals surface area contributed by atoms with Gasteiger partial charge in [0.15, 0.2) is 11.6 Å². The van der Waals surface area contributed by atoms with Gasteiger partial charge in [0.05, 0.1) is 5.69 Å². The number of benzene rings is 1. The lowest BCUT2D eigenvalue weighted by Crippen LogP contribution is -2.13. The third-order valence-corrected chi connectivity index (χ3v) is 6.25. The third-order valence-electron chi connectivity index (χ3n) is 5.37. The number of aromatic nitrogens is 2. The first-order valence-corrected chi connectivity index (χ1v) is 10.8. The fourth-order valence-corrected chi connectivity index (χ4v) is 4.81. The molecular weight excluding hydrogens is 413 g/mol. The molecular formula is C23H24FN5OS. The van der Waals surface area contributed by atoms with Gasteiger partial charge in [-0.3, -0.25) is 4.99 Å². The first-order chi connectivity index (χ1) is 14.9. The standard InChI is InChI=1S/C23H24FN5OS/c1-4-18-21-13-7-19(23(26)28-11-13)30-12(2)17-9-15(24)5-6-16(17)22(25)14(10-27-3)8-20(21)31-29-18/h5-7,9-12H,4,8,25H2,1-3H3,(H2,26,28)/t12-/m1/s1. The smallest absolute Gasteiger partial charge is 0.166 e. The molecule has 2 bridgehead atoms. The predicted octanol–water partition coefficient (Wildman–Crippen LogP) is 4.56. The van der Waals surface area contributed by atoms with E-state index < -0.39 is 6.10 Å². The van der Waals surface area contributed by atoms with Gasteiger partial charge in [0.1, 0.15) is 11.9 Å². The van der Waals surface area contributed by atoms with Gasteiger partial charge in [-0.05, 0) is 54.7 Å². The summed E-state index contributed by atoms with van der Waals surface area (Å²) in [4.78, 5) is 9.61. The number of hydrogen-bond donors (Lipinski definition) is 2. The normalized spacial score (nSPS) is 16.3. The second kappa shape index (κ2) is 8.47. The molecule has 0 unspecified atom stereocenters. The molecule has 1 atom stereocenters. The van der Waals surface area contributed by atoms with Gasteiger partial charge in [0.2, 0.25) is 0 Å². The van der Waals surface area contributed by atoms with E-state index >= 15 is 0 Å². The summed E-state index contributed by atoms with van der Waals surface area (Å²) in [5, 5.41) is 0. The van der Waals surface area contributed by atoms with E-state index in [-0.39, 0.29) is 11.6 Å². The molecule has 0 spiro atoms. The first kappa shape index (κ1) is 21.0. The summed E-state index contributed by atoms with van der Waals surface area (Å²) in [6, 6.07) is 6.40. The Morgan fingerprint density at radius 1 is 1.32 bits per heavy atom. The number of fused-ring (bicyclic) bond motifs is 5. The molecule has 4 N–H and O–H groups in total. The van der Waals surface area contributed by atoms with E-state index in [0.29, 0.717) is 29.0 Å². The summed E-state index contributed by atoms with van der Waals surface area (Å²) in [7, 11) is 1.70. The summed E-state index contributed by atoms with van der Waals surface area (Å²) in [5.74, 6) is 0.352. The maximum absolute atomic E-state index is 14.2. The number of aliphatic imine (C=N–C) groups is 1. The Morgan fingerprint density at radius 2 is 2.13 bits per heavy atom. The molecule has 6 nitrogen and oxygen atoms in total. The van der Waals surface area contributed by atoms with E-state index in [4.69, 9.17) is 16.2 Å². The molecule has 0 saturated carbocycles. The maximum atomic E-state index is 14.2. The molecule has 1 aromatic carbocycles. The highest BCUT2D eigenvalue weighted by Crippen LogP contribution is 2.38. The monoisotopic (exact) mass is 437 g/mol. The van der Waals surface area contributed by atoms with E-state index in [9.17, 15) is 4.39 Å². The van der Waals surface area contributed by atoms with E-state index in [2.05, 4.69) is 21.3 Å². The molecule has 2 aromatic heterocycles. The second-order valence-electron chi connectivity index (χ2n) is 7.38. The lowest BCUT2D eigenvalue weighted by molar-refractivity contribution is 0.227. The van der Waals surface area contributed by atoms with E-state index in [1.165, 1.54) is 23.7 Å². The van der Waals surface area contributed by atoms with Crippen LogP contribution in [0.25, 0.3) is 16.8 Å². The van der Waals surface area contributed by atoms with Crippen LogP contribution >= 0.6 is 11.5 Å². The molecule has 8 heteroatoms. The minimum absolute atomic E-state index is 0.274. The number of nitrogens with two attached hydrogens (primary N) is 2. The summed E-state index contributed by atoms with van der Waals surface area (Å²) in [6.07, 6.45) is 4.30. The Labute approximate surface area is 184 Å². The summed E-state index contributed by atoms with van der Waals surface area (Å²) < 4.78 is 25.0. The van der Waals surface area contributed by atoms with E-state index in [1.807, 2.05) is 13.0 Å². The van der Waals surface area contributed by atoms with Crippen LogP contribution in [0.5, 0.6) is 5.75 Å². The van der Waals surface area contributed by atoms with Crippen LogP contribution in [-0.4, -0.2) is 22.6 Å². The van der Waals surface area contributed by atoms with Crippen molar-refractivity contribution in [3.05, 3.63) is 63.6 Å². The number of nitrogen functional groups attached to an aromatic ring is 1. The van der Waals surface area contributed by atoms with Crippen molar-refractivity contribution in [1.82, 2.24) is 9.36 Å². The Balaban J connectivity index is 2.03. The molecule has 0 radical (unpaired) electrons. The van der Waals surface area contributed by atoms with Crippen molar-refractivity contribution in [3.8, 4) is 16.9 Å². The number of ether oxygens (including phenoxy) is 1.